The van der Waals surface area contributed by atoms with E-state index in [4.69, 9.17) is 0 Å². The first kappa shape index (κ1) is 18.4. The van der Waals surface area contributed by atoms with Crippen LogP contribution in [0.1, 0.15) is 42.6 Å². The van der Waals surface area contributed by atoms with Gasteiger partial charge in [0.2, 0.25) is 0 Å². The first-order valence-electron chi connectivity index (χ1n) is 7.99. The molecule has 2 rings (SSSR count). The summed E-state index contributed by atoms with van der Waals surface area (Å²) in [6.07, 6.45) is 3.41. The van der Waals surface area contributed by atoms with Crippen molar-refractivity contribution in [2.75, 3.05) is 7.05 Å². The number of hydrogen-bond acceptors (Lipinski definition) is 4. The molecule has 0 radical (unpaired) electrons. The van der Waals surface area contributed by atoms with Crippen molar-refractivity contribution in [3.8, 4) is 0 Å². The number of carbonyl (C=O) groups is 1. The van der Waals surface area contributed by atoms with Crippen LogP contribution in [0.4, 0.5) is 10.5 Å². The maximum Gasteiger partial charge on any atom is 0.318 e. The molecule has 7 heteroatoms. The van der Waals surface area contributed by atoms with Crippen molar-refractivity contribution in [2.45, 2.75) is 32.9 Å². The number of urea groups is 1. The van der Waals surface area contributed by atoms with Crippen LogP contribution in [0.15, 0.2) is 42.7 Å². The van der Waals surface area contributed by atoms with Crippen LogP contribution in [-0.4, -0.2) is 27.9 Å². The van der Waals surface area contributed by atoms with E-state index in [9.17, 15) is 14.9 Å². The standard InChI is InChI=1S/C18H22N4O3/c1-12-7-8-15(10-17(12)22(24)25)13(2)20-18(23)21(4)14(3)16-6-5-9-19-11-16/h5-11,13-14H,1-4H3,(H,20,23)/t13-,14-/m1/s1. The van der Waals surface area contributed by atoms with Gasteiger partial charge in [0.05, 0.1) is 17.0 Å². The largest absolute Gasteiger partial charge is 0.331 e. The van der Waals surface area contributed by atoms with Crippen molar-refractivity contribution in [1.82, 2.24) is 15.2 Å². The Hall–Kier alpha value is -2.96. The van der Waals surface area contributed by atoms with Crippen LogP contribution < -0.4 is 5.32 Å². The molecule has 25 heavy (non-hydrogen) atoms. The van der Waals surface area contributed by atoms with Crippen molar-refractivity contribution in [1.29, 1.82) is 0 Å². The smallest absolute Gasteiger partial charge is 0.318 e. The molecule has 0 saturated heterocycles. The second-order valence-corrected chi connectivity index (χ2v) is 6.05. The van der Waals surface area contributed by atoms with Crippen LogP contribution >= 0.6 is 0 Å². The molecule has 2 atom stereocenters. The fourth-order valence-electron chi connectivity index (χ4n) is 2.49. The van der Waals surface area contributed by atoms with Gasteiger partial charge in [-0.3, -0.25) is 15.1 Å². The normalized spacial score (nSPS) is 13.0. The van der Waals surface area contributed by atoms with Crippen molar-refractivity contribution in [3.63, 3.8) is 0 Å². The molecule has 0 aliphatic heterocycles. The number of hydrogen-bond donors (Lipinski definition) is 1. The summed E-state index contributed by atoms with van der Waals surface area (Å²) >= 11 is 0. The molecule has 1 aromatic carbocycles. The van der Waals surface area contributed by atoms with Crippen molar-refractivity contribution < 1.29 is 9.72 Å². The molecule has 2 amide bonds. The van der Waals surface area contributed by atoms with Gasteiger partial charge >= 0.3 is 6.03 Å². The number of aryl methyl sites for hydroxylation is 1. The number of rotatable bonds is 5. The number of amides is 2. The van der Waals surface area contributed by atoms with Gasteiger partial charge in [0.25, 0.3) is 5.69 Å². The SMILES string of the molecule is Cc1ccc([C@@H](C)NC(=O)N(C)[C@H](C)c2cccnc2)cc1[N+](=O)[O-]. The Morgan fingerprint density at radius 1 is 1.28 bits per heavy atom. The molecule has 1 heterocycles. The zero-order chi connectivity index (χ0) is 18.6. The second-order valence-electron chi connectivity index (χ2n) is 6.05. The monoisotopic (exact) mass is 342 g/mol. The minimum Gasteiger partial charge on any atom is -0.331 e. The predicted molar refractivity (Wildman–Crippen MR) is 95.2 cm³/mol. The average Bonchev–Trinajstić information content (AvgIpc) is 2.61. The lowest BCUT2D eigenvalue weighted by molar-refractivity contribution is -0.385. The van der Waals surface area contributed by atoms with Gasteiger partial charge in [0.15, 0.2) is 0 Å². The van der Waals surface area contributed by atoms with E-state index < -0.39 is 4.92 Å². The van der Waals surface area contributed by atoms with E-state index in [1.807, 2.05) is 19.1 Å². The maximum absolute atomic E-state index is 12.5. The van der Waals surface area contributed by atoms with Gasteiger partial charge in [-0.15, -0.1) is 0 Å². The van der Waals surface area contributed by atoms with E-state index in [-0.39, 0.29) is 23.8 Å². The van der Waals surface area contributed by atoms with E-state index in [0.717, 1.165) is 5.56 Å². The third-order valence-corrected chi connectivity index (χ3v) is 4.34. The van der Waals surface area contributed by atoms with Gasteiger partial charge < -0.3 is 10.2 Å². The number of nitro groups is 1. The first-order valence-corrected chi connectivity index (χ1v) is 7.99. The molecule has 0 fully saturated rings. The molecule has 7 nitrogen and oxygen atoms in total. The molecule has 0 aliphatic carbocycles. The van der Waals surface area contributed by atoms with Crippen molar-refractivity contribution >= 4 is 11.7 Å². The maximum atomic E-state index is 12.5. The summed E-state index contributed by atoms with van der Waals surface area (Å²) < 4.78 is 0. The molecule has 0 bridgehead atoms. The minimum absolute atomic E-state index is 0.0516. The Morgan fingerprint density at radius 2 is 2.00 bits per heavy atom. The molecule has 2 aromatic rings. The third kappa shape index (κ3) is 4.32. The van der Waals surface area contributed by atoms with Crippen molar-refractivity contribution in [3.05, 3.63) is 69.5 Å². The molecular weight excluding hydrogens is 320 g/mol. The highest BCUT2D eigenvalue weighted by atomic mass is 16.6. The molecular formula is C18H22N4O3. The van der Waals surface area contributed by atoms with Crippen LogP contribution in [0.2, 0.25) is 0 Å². The zero-order valence-electron chi connectivity index (χ0n) is 14.8. The van der Waals surface area contributed by atoms with Gasteiger partial charge in [-0.2, -0.15) is 0 Å². The van der Waals surface area contributed by atoms with Crippen LogP contribution in [0.25, 0.3) is 0 Å². The Labute approximate surface area is 146 Å². The number of nitrogens with zero attached hydrogens (tertiary/aromatic N) is 3. The zero-order valence-corrected chi connectivity index (χ0v) is 14.8. The summed E-state index contributed by atoms with van der Waals surface area (Å²) in [7, 11) is 1.71. The summed E-state index contributed by atoms with van der Waals surface area (Å²) in [5, 5.41) is 14.0. The number of nitrogens with one attached hydrogen (secondary N) is 1. The summed E-state index contributed by atoms with van der Waals surface area (Å²) in [6.45, 7) is 5.40. The van der Waals surface area contributed by atoms with Crippen LogP contribution in [0, 0.1) is 17.0 Å². The topological polar surface area (TPSA) is 88.4 Å². The molecule has 132 valence electrons. The first-order chi connectivity index (χ1) is 11.8. The van der Waals surface area contributed by atoms with Crippen LogP contribution in [-0.2, 0) is 0 Å². The lowest BCUT2D eigenvalue weighted by Gasteiger charge is -2.27. The Bertz CT molecular complexity index is 764. The lowest BCUT2D eigenvalue weighted by atomic mass is 10.0. The van der Waals surface area contributed by atoms with Crippen LogP contribution in [0.5, 0.6) is 0 Å². The second kappa shape index (κ2) is 7.74. The third-order valence-electron chi connectivity index (χ3n) is 4.34. The number of carbonyl (C=O) groups excluding carboxylic acids is 1. The highest BCUT2D eigenvalue weighted by molar-refractivity contribution is 5.75. The Balaban J connectivity index is 2.09. The molecule has 0 spiro atoms. The van der Waals surface area contributed by atoms with E-state index in [1.54, 1.807) is 50.3 Å². The van der Waals surface area contributed by atoms with Crippen LogP contribution in [0.3, 0.4) is 0 Å². The summed E-state index contributed by atoms with van der Waals surface area (Å²) in [5.74, 6) is 0. The van der Waals surface area contributed by atoms with E-state index in [2.05, 4.69) is 10.3 Å². The van der Waals surface area contributed by atoms with Gasteiger partial charge in [0, 0.05) is 31.1 Å². The Morgan fingerprint density at radius 3 is 2.60 bits per heavy atom. The molecule has 0 aliphatic rings. The molecule has 1 N–H and O–H groups in total. The van der Waals surface area contributed by atoms with E-state index in [0.29, 0.717) is 11.1 Å². The quantitative estimate of drug-likeness (QED) is 0.662. The summed E-state index contributed by atoms with van der Waals surface area (Å²) in [4.78, 5) is 28.8. The average molecular weight is 342 g/mol. The van der Waals surface area contributed by atoms with Crippen molar-refractivity contribution in [2.24, 2.45) is 0 Å². The molecule has 1 aromatic heterocycles. The van der Waals surface area contributed by atoms with E-state index >= 15 is 0 Å². The highest BCUT2D eigenvalue weighted by Gasteiger charge is 2.21. The summed E-state index contributed by atoms with van der Waals surface area (Å²) in [6, 6.07) is 7.97. The van der Waals surface area contributed by atoms with Gasteiger partial charge in [0.1, 0.15) is 0 Å². The number of nitro benzene ring substituents is 1. The van der Waals surface area contributed by atoms with E-state index in [1.165, 1.54) is 6.07 Å². The lowest BCUT2D eigenvalue weighted by Crippen LogP contribution is -2.40. The number of aromatic nitrogens is 1. The molecule has 0 saturated carbocycles. The van der Waals surface area contributed by atoms with Gasteiger partial charge in [-0.05, 0) is 38.0 Å². The van der Waals surface area contributed by atoms with Gasteiger partial charge in [-0.25, -0.2) is 4.79 Å². The number of pyridine rings is 1. The fourth-order valence-corrected chi connectivity index (χ4v) is 2.49. The van der Waals surface area contributed by atoms with Gasteiger partial charge in [-0.1, -0.05) is 18.2 Å². The summed E-state index contributed by atoms with van der Waals surface area (Å²) in [5.41, 5.74) is 2.26. The highest BCUT2D eigenvalue weighted by Crippen LogP contribution is 2.24. The fraction of sp³-hybridized carbons (Fsp3) is 0.333. The molecule has 0 unspecified atom stereocenters. The number of benzene rings is 1. The predicted octanol–water partition coefficient (Wildman–Crippen LogP) is 3.76. The minimum atomic E-state index is -0.413. The Kier molecular flexibility index (Phi) is 5.69.